The van der Waals surface area contributed by atoms with Gasteiger partial charge >= 0.3 is 0 Å². The predicted molar refractivity (Wildman–Crippen MR) is 85.2 cm³/mol. The van der Waals surface area contributed by atoms with E-state index in [2.05, 4.69) is 29.4 Å². The number of nitrogens with one attached hydrogen (secondary N) is 1. The molecule has 0 spiro atoms. The number of rotatable bonds is 9. The fourth-order valence-corrected chi connectivity index (χ4v) is 2.72. The van der Waals surface area contributed by atoms with Gasteiger partial charge in [0.15, 0.2) is 5.13 Å². The highest BCUT2D eigenvalue weighted by molar-refractivity contribution is 7.13. The lowest BCUT2D eigenvalue weighted by atomic mass is 10.1. The van der Waals surface area contributed by atoms with Crippen molar-refractivity contribution in [1.29, 1.82) is 0 Å². The predicted octanol–water partition coefficient (Wildman–Crippen LogP) is 1.88. The SMILES string of the molecule is CCCc1ccc(OCCNc2nc(CC(=O)[O-])cs2)cc1. The molecule has 0 radical (unpaired) electrons. The van der Waals surface area contributed by atoms with E-state index in [1.807, 2.05) is 12.1 Å². The molecular formula is C16H19N2O3S-. The first-order valence-electron chi connectivity index (χ1n) is 7.27. The van der Waals surface area contributed by atoms with E-state index >= 15 is 0 Å². The average molecular weight is 319 g/mol. The first-order chi connectivity index (χ1) is 10.7. The molecule has 22 heavy (non-hydrogen) atoms. The van der Waals surface area contributed by atoms with Crippen LogP contribution in [0, 0.1) is 0 Å². The largest absolute Gasteiger partial charge is 0.550 e. The third-order valence-corrected chi connectivity index (χ3v) is 3.84. The Labute approximate surface area is 134 Å². The first-order valence-corrected chi connectivity index (χ1v) is 8.15. The molecule has 0 aliphatic heterocycles. The van der Waals surface area contributed by atoms with Gasteiger partial charge in [0.2, 0.25) is 0 Å². The molecule has 2 aromatic rings. The van der Waals surface area contributed by atoms with Gasteiger partial charge in [0.1, 0.15) is 12.4 Å². The van der Waals surface area contributed by atoms with Crippen LogP contribution in [0.25, 0.3) is 0 Å². The average Bonchev–Trinajstić information content (AvgIpc) is 2.92. The Kier molecular flexibility index (Phi) is 6.21. The summed E-state index contributed by atoms with van der Waals surface area (Å²) in [7, 11) is 0. The number of ether oxygens (including phenoxy) is 1. The summed E-state index contributed by atoms with van der Waals surface area (Å²) >= 11 is 1.38. The minimum atomic E-state index is -1.12. The number of carboxylic acids is 1. The van der Waals surface area contributed by atoms with Crippen LogP contribution in [0.1, 0.15) is 24.6 Å². The van der Waals surface area contributed by atoms with Gasteiger partial charge in [-0.25, -0.2) is 4.98 Å². The molecule has 1 N–H and O–H groups in total. The Morgan fingerprint density at radius 2 is 2.14 bits per heavy atom. The molecule has 0 unspecified atom stereocenters. The maximum atomic E-state index is 10.5. The van der Waals surface area contributed by atoms with E-state index < -0.39 is 5.97 Å². The van der Waals surface area contributed by atoms with Crippen LogP contribution < -0.4 is 15.2 Å². The van der Waals surface area contributed by atoms with E-state index in [0.717, 1.165) is 18.6 Å². The first kappa shape index (κ1) is 16.3. The molecule has 0 saturated carbocycles. The van der Waals surface area contributed by atoms with Crippen molar-refractivity contribution in [2.45, 2.75) is 26.2 Å². The lowest BCUT2D eigenvalue weighted by Crippen LogP contribution is -2.24. The molecule has 2 rings (SSSR count). The summed E-state index contributed by atoms with van der Waals surface area (Å²) in [5.74, 6) is -0.273. The number of thiazole rings is 1. The molecule has 0 amide bonds. The number of carboxylic acid groups (broad SMARTS) is 1. The van der Waals surface area contributed by atoms with E-state index in [1.165, 1.54) is 16.9 Å². The molecule has 0 aliphatic carbocycles. The number of hydrogen-bond acceptors (Lipinski definition) is 6. The number of benzene rings is 1. The second-order valence-electron chi connectivity index (χ2n) is 4.86. The third-order valence-electron chi connectivity index (χ3n) is 2.99. The van der Waals surface area contributed by atoms with Gasteiger partial charge < -0.3 is 20.0 Å². The van der Waals surface area contributed by atoms with Crippen LogP contribution in [-0.2, 0) is 17.6 Å². The highest BCUT2D eigenvalue weighted by atomic mass is 32.1. The van der Waals surface area contributed by atoms with Gasteiger partial charge in [-0.15, -0.1) is 11.3 Å². The minimum Gasteiger partial charge on any atom is -0.550 e. The molecule has 6 heteroatoms. The van der Waals surface area contributed by atoms with E-state index in [4.69, 9.17) is 4.74 Å². The van der Waals surface area contributed by atoms with Crippen molar-refractivity contribution in [2.24, 2.45) is 0 Å². The van der Waals surface area contributed by atoms with Gasteiger partial charge in [0.25, 0.3) is 0 Å². The molecule has 118 valence electrons. The summed E-state index contributed by atoms with van der Waals surface area (Å²) in [6.07, 6.45) is 2.07. The van der Waals surface area contributed by atoms with Crippen LogP contribution in [0.5, 0.6) is 5.75 Å². The second kappa shape index (κ2) is 8.38. The smallest absolute Gasteiger partial charge is 0.182 e. The molecule has 0 saturated heterocycles. The number of nitrogens with zero attached hydrogens (tertiary/aromatic N) is 1. The van der Waals surface area contributed by atoms with Crippen LogP contribution in [0.4, 0.5) is 5.13 Å². The number of anilines is 1. The molecule has 1 aromatic carbocycles. The lowest BCUT2D eigenvalue weighted by molar-refractivity contribution is -0.304. The monoisotopic (exact) mass is 319 g/mol. The standard InChI is InChI=1S/C16H20N2O3S/c1-2-3-12-4-6-14(7-5-12)21-9-8-17-16-18-13(11-22-16)10-15(19)20/h4-7,11H,2-3,8-10H2,1H3,(H,17,18)(H,19,20)/p-1. The number of carbonyl (C=O) groups excluding carboxylic acids is 1. The quantitative estimate of drug-likeness (QED) is 0.714. The zero-order chi connectivity index (χ0) is 15.8. The zero-order valence-electron chi connectivity index (χ0n) is 12.5. The summed E-state index contributed by atoms with van der Waals surface area (Å²) in [5, 5.41) is 16.0. The van der Waals surface area contributed by atoms with Crippen LogP contribution in [0.2, 0.25) is 0 Å². The van der Waals surface area contributed by atoms with E-state index in [0.29, 0.717) is 24.0 Å². The molecule has 0 atom stereocenters. The molecule has 0 bridgehead atoms. The van der Waals surface area contributed by atoms with Gasteiger partial charge in [-0.05, 0) is 24.1 Å². The van der Waals surface area contributed by atoms with Gasteiger partial charge in [-0.3, -0.25) is 0 Å². The molecule has 5 nitrogen and oxygen atoms in total. The van der Waals surface area contributed by atoms with Crippen molar-refractivity contribution in [3.8, 4) is 5.75 Å². The van der Waals surface area contributed by atoms with Crippen molar-refractivity contribution in [1.82, 2.24) is 4.98 Å². The maximum absolute atomic E-state index is 10.5. The number of aliphatic carboxylic acids is 1. The number of hydrogen-bond donors (Lipinski definition) is 1. The summed E-state index contributed by atoms with van der Waals surface area (Å²) in [5.41, 5.74) is 1.83. The molecule has 0 aliphatic rings. The lowest BCUT2D eigenvalue weighted by Gasteiger charge is -2.07. The summed E-state index contributed by atoms with van der Waals surface area (Å²) in [6, 6.07) is 8.12. The van der Waals surface area contributed by atoms with Crippen molar-refractivity contribution in [3.05, 3.63) is 40.9 Å². The summed E-state index contributed by atoms with van der Waals surface area (Å²) in [6.45, 7) is 3.28. The Morgan fingerprint density at radius 1 is 1.36 bits per heavy atom. The topological polar surface area (TPSA) is 74.3 Å². The van der Waals surface area contributed by atoms with E-state index in [1.54, 1.807) is 5.38 Å². The Balaban J connectivity index is 1.70. The molecule has 1 aromatic heterocycles. The third kappa shape index (κ3) is 5.37. The Hall–Kier alpha value is -2.08. The number of aryl methyl sites for hydroxylation is 1. The fraction of sp³-hybridized carbons (Fsp3) is 0.375. The maximum Gasteiger partial charge on any atom is 0.182 e. The molecule has 1 heterocycles. The van der Waals surface area contributed by atoms with Crippen LogP contribution >= 0.6 is 11.3 Å². The van der Waals surface area contributed by atoms with Gasteiger partial charge in [0, 0.05) is 17.8 Å². The number of carbonyl (C=O) groups is 1. The summed E-state index contributed by atoms with van der Waals surface area (Å²) < 4.78 is 5.64. The molecular weight excluding hydrogens is 300 g/mol. The Morgan fingerprint density at radius 3 is 2.82 bits per heavy atom. The van der Waals surface area contributed by atoms with Gasteiger partial charge in [-0.1, -0.05) is 25.5 Å². The fourth-order valence-electron chi connectivity index (χ4n) is 1.99. The van der Waals surface area contributed by atoms with Crippen molar-refractivity contribution < 1.29 is 14.6 Å². The van der Waals surface area contributed by atoms with Crippen molar-refractivity contribution >= 4 is 22.4 Å². The normalized spacial score (nSPS) is 10.4. The highest BCUT2D eigenvalue weighted by Crippen LogP contribution is 2.16. The van der Waals surface area contributed by atoms with Crippen LogP contribution in [0.3, 0.4) is 0 Å². The van der Waals surface area contributed by atoms with Crippen LogP contribution in [0.15, 0.2) is 29.6 Å². The minimum absolute atomic E-state index is 0.154. The van der Waals surface area contributed by atoms with Crippen LogP contribution in [-0.4, -0.2) is 24.1 Å². The second-order valence-corrected chi connectivity index (χ2v) is 5.72. The zero-order valence-corrected chi connectivity index (χ0v) is 13.3. The van der Waals surface area contributed by atoms with Gasteiger partial charge in [-0.2, -0.15) is 0 Å². The molecule has 0 fully saturated rings. The van der Waals surface area contributed by atoms with E-state index in [-0.39, 0.29) is 6.42 Å². The van der Waals surface area contributed by atoms with Gasteiger partial charge in [0.05, 0.1) is 12.2 Å². The summed E-state index contributed by atoms with van der Waals surface area (Å²) in [4.78, 5) is 14.6. The van der Waals surface area contributed by atoms with Crippen molar-refractivity contribution in [2.75, 3.05) is 18.5 Å². The van der Waals surface area contributed by atoms with E-state index in [9.17, 15) is 9.90 Å². The highest BCUT2D eigenvalue weighted by Gasteiger charge is 2.02. The Bertz CT molecular complexity index is 596. The van der Waals surface area contributed by atoms with Crippen molar-refractivity contribution in [3.63, 3.8) is 0 Å². The number of aromatic nitrogens is 1.